The Balaban J connectivity index is 1.51. The van der Waals surface area contributed by atoms with Crippen LogP contribution in [0.2, 0.25) is 0 Å². The van der Waals surface area contributed by atoms with Gasteiger partial charge in [0.15, 0.2) is 0 Å². The van der Waals surface area contributed by atoms with E-state index < -0.39 is 10.0 Å². The number of benzene rings is 1. The molecule has 1 aromatic heterocycles. The van der Waals surface area contributed by atoms with E-state index in [4.69, 9.17) is 4.42 Å². The number of sulfonamides is 1. The molecular formula is C18H20N2O4S2. The van der Waals surface area contributed by atoms with Crippen LogP contribution in [0, 0.1) is 0 Å². The first-order chi connectivity index (χ1) is 12.5. The summed E-state index contributed by atoms with van der Waals surface area (Å²) in [6, 6.07) is 12.2. The summed E-state index contributed by atoms with van der Waals surface area (Å²) >= 11 is 1.63. The lowest BCUT2D eigenvalue weighted by molar-refractivity contribution is -0.132. The van der Waals surface area contributed by atoms with Crippen LogP contribution in [0.3, 0.4) is 0 Å². The molecule has 2 aliphatic rings. The van der Waals surface area contributed by atoms with Crippen LogP contribution in [0.1, 0.15) is 18.6 Å². The van der Waals surface area contributed by atoms with E-state index in [2.05, 4.69) is 0 Å². The molecule has 2 saturated heterocycles. The van der Waals surface area contributed by atoms with Gasteiger partial charge < -0.3 is 9.32 Å². The first-order valence-electron chi connectivity index (χ1n) is 8.53. The van der Waals surface area contributed by atoms with Crippen molar-refractivity contribution in [1.82, 2.24) is 9.21 Å². The van der Waals surface area contributed by atoms with Crippen LogP contribution in [0.15, 0.2) is 58.0 Å². The molecule has 0 N–H and O–H groups in total. The second-order valence-electron chi connectivity index (χ2n) is 6.51. The van der Waals surface area contributed by atoms with E-state index in [1.165, 1.54) is 4.31 Å². The number of carbonyl (C=O) groups excluding carboxylic acids is 1. The summed E-state index contributed by atoms with van der Waals surface area (Å²) in [5.41, 5.74) is 0. The predicted molar refractivity (Wildman–Crippen MR) is 98.9 cm³/mol. The zero-order valence-electron chi connectivity index (χ0n) is 14.2. The van der Waals surface area contributed by atoms with E-state index >= 15 is 0 Å². The van der Waals surface area contributed by atoms with Crippen LogP contribution in [0.5, 0.6) is 0 Å². The van der Waals surface area contributed by atoms with Crippen LogP contribution < -0.4 is 0 Å². The summed E-state index contributed by atoms with van der Waals surface area (Å²) in [6.07, 6.45) is 2.84. The standard InChI is InChI=1S/C18H20N2O4S2/c21-17-14-25-18(20(17)13-15-5-4-12-24-15)8-10-19(11-9-18)26(22,23)16-6-2-1-3-7-16/h1-7,12H,8-11,13-14H2. The third-order valence-electron chi connectivity index (χ3n) is 5.04. The quantitative estimate of drug-likeness (QED) is 0.800. The first kappa shape index (κ1) is 17.6. The van der Waals surface area contributed by atoms with E-state index in [0.29, 0.717) is 43.1 Å². The Hall–Kier alpha value is -1.77. The maximum absolute atomic E-state index is 12.8. The lowest BCUT2D eigenvalue weighted by Crippen LogP contribution is -2.52. The van der Waals surface area contributed by atoms with Crippen LogP contribution >= 0.6 is 11.8 Å². The number of piperidine rings is 1. The highest BCUT2D eigenvalue weighted by Crippen LogP contribution is 2.45. The van der Waals surface area contributed by atoms with Gasteiger partial charge in [0.2, 0.25) is 15.9 Å². The molecule has 2 aromatic rings. The smallest absolute Gasteiger partial charge is 0.243 e. The van der Waals surface area contributed by atoms with E-state index in [-0.39, 0.29) is 10.8 Å². The Bertz CT molecular complexity index is 873. The number of furan rings is 1. The minimum atomic E-state index is -3.49. The molecule has 0 atom stereocenters. The van der Waals surface area contributed by atoms with Gasteiger partial charge in [-0.25, -0.2) is 8.42 Å². The Labute approximate surface area is 157 Å². The van der Waals surface area contributed by atoms with Crippen molar-refractivity contribution in [3.63, 3.8) is 0 Å². The number of rotatable bonds is 4. The van der Waals surface area contributed by atoms with Crippen LogP contribution in [0.25, 0.3) is 0 Å². The van der Waals surface area contributed by atoms with Crippen molar-refractivity contribution in [2.75, 3.05) is 18.8 Å². The summed E-state index contributed by atoms with van der Waals surface area (Å²) in [5, 5.41) is 0. The van der Waals surface area contributed by atoms with Crippen molar-refractivity contribution in [2.24, 2.45) is 0 Å². The first-order valence-corrected chi connectivity index (χ1v) is 11.0. The predicted octanol–water partition coefficient (Wildman–Crippen LogP) is 2.54. The maximum Gasteiger partial charge on any atom is 0.243 e. The molecule has 26 heavy (non-hydrogen) atoms. The highest BCUT2D eigenvalue weighted by atomic mass is 32.2. The molecule has 6 nitrogen and oxygen atoms in total. The van der Waals surface area contributed by atoms with Gasteiger partial charge in [-0.2, -0.15) is 4.31 Å². The van der Waals surface area contributed by atoms with Crippen LogP contribution in [-0.2, 0) is 21.4 Å². The molecule has 2 aliphatic heterocycles. The fourth-order valence-corrected chi connectivity index (χ4v) is 6.41. The van der Waals surface area contributed by atoms with E-state index in [9.17, 15) is 13.2 Å². The maximum atomic E-state index is 12.8. The fourth-order valence-electron chi connectivity index (χ4n) is 3.60. The van der Waals surface area contributed by atoms with E-state index in [0.717, 1.165) is 5.76 Å². The number of hydrogen-bond acceptors (Lipinski definition) is 5. The van der Waals surface area contributed by atoms with Gasteiger partial charge >= 0.3 is 0 Å². The van der Waals surface area contributed by atoms with Gasteiger partial charge in [-0.3, -0.25) is 4.79 Å². The summed E-state index contributed by atoms with van der Waals surface area (Å²) < 4.78 is 32.6. The molecule has 0 unspecified atom stereocenters. The van der Waals surface area contributed by atoms with Gasteiger partial charge in [-0.1, -0.05) is 18.2 Å². The Morgan fingerprint density at radius 3 is 2.46 bits per heavy atom. The van der Waals surface area contributed by atoms with Crippen molar-refractivity contribution in [3.8, 4) is 0 Å². The van der Waals surface area contributed by atoms with E-state index in [1.54, 1.807) is 48.4 Å². The summed E-state index contributed by atoms with van der Waals surface area (Å²) in [6.45, 7) is 1.25. The molecule has 8 heteroatoms. The number of thioether (sulfide) groups is 1. The molecule has 2 fully saturated rings. The largest absolute Gasteiger partial charge is 0.467 e. The molecule has 138 valence electrons. The van der Waals surface area contributed by atoms with Gasteiger partial charge in [-0.05, 0) is 37.1 Å². The number of hydrogen-bond donors (Lipinski definition) is 0. The minimum Gasteiger partial charge on any atom is -0.467 e. The van der Waals surface area contributed by atoms with Gasteiger partial charge in [0.25, 0.3) is 0 Å². The molecule has 1 aromatic carbocycles. The molecule has 0 aliphatic carbocycles. The van der Waals surface area contributed by atoms with Gasteiger partial charge in [0.1, 0.15) is 5.76 Å². The second-order valence-corrected chi connectivity index (χ2v) is 9.79. The fraction of sp³-hybridized carbons (Fsp3) is 0.389. The lowest BCUT2D eigenvalue weighted by atomic mass is 10.0. The molecular weight excluding hydrogens is 372 g/mol. The highest BCUT2D eigenvalue weighted by Gasteiger charge is 2.49. The van der Waals surface area contributed by atoms with Crippen molar-refractivity contribution in [2.45, 2.75) is 29.2 Å². The Morgan fingerprint density at radius 1 is 1.08 bits per heavy atom. The molecule has 1 spiro atoms. The zero-order valence-corrected chi connectivity index (χ0v) is 15.8. The molecule has 0 radical (unpaired) electrons. The Morgan fingerprint density at radius 2 is 1.81 bits per heavy atom. The second kappa shape index (κ2) is 6.75. The summed E-state index contributed by atoms with van der Waals surface area (Å²) in [7, 11) is -3.49. The summed E-state index contributed by atoms with van der Waals surface area (Å²) in [4.78, 5) is 14.2. The minimum absolute atomic E-state index is 0.0887. The van der Waals surface area contributed by atoms with Crippen LogP contribution in [-0.4, -0.2) is 47.2 Å². The van der Waals surface area contributed by atoms with Gasteiger partial charge in [-0.15, -0.1) is 11.8 Å². The molecule has 0 saturated carbocycles. The van der Waals surface area contributed by atoms with Crippen molar-refractivity contribution < 1.29 is 17.6 Å². The van der Waals surface area contributed by atoms with Gasteiger partial charge in [0.05, 0.1) is 28.3 Å². The number of amides is 1. The van der Waals surface area contributed by atoms with Gasteiger partial charge in [0, 0.05) is 13.1 Å². The van der Waals surface area contributed by atoms with Crippen molar-refractivity contribution in [1.29, 1.82) is 0 Å². The number of carbonyl (C=O) groups is 1. The SMILES string of the molecule is O=C1CSC2(CCN(S(=O)(=O)c3ccccc3)CC2)N1Cc1ccco1. The van der Waals surface area contributed by atoms with Crippen molar-refractivity contribution in [3.05, 3.63) is 54.5 Å². The third-order valence-corrected chi connectivity index (χ3v) is 8.51. The lowest BCUT2D eigenvalue weighted by Gasteiger charge is -2.43. The third kappa shape index (κ3) is 3.06. The average molecular weight is 393 g/mol. The zero-order chi connectivity index (χ0) is 18.2. The van der Waals surface area contributed by atoms with Crippen LogP contribution in [0.4, 0.5) is 0 Å². The number of nitrogens with zero attached hydrogens (tertiary/aromatic N) is 2. The average Bonchev–Trinajstić information content (AvgIpc) is 3.28. The molecule has 4 rings (SSSR count). The monoisotopic (exact) mass is 392 g/mol. The topological polar surface area (TPSA) is 70.8 Å². The Kier molecular flexibility index (Phi) is 4.58. The molecule has 0 bridgehead atoms. The normalized spacial score (nSPS) is 20.8. The summed E-state index contributed by atoms with van der Waals surface area (Å²) in [5.74, 6) is 1.27. The van der Waals surface area contributed by atoms with E-state index in [1.807, 2.05) is 17.0 Å². The highest BCUT2D eigenvalue weighted by molar-refractivity contribution is 8.01. The molecule has 1 amide bonds. The molecule has 3 heterocycles. The van der Waals surface area contributed by atoms with Crippen molar-refractivity contribution >= 4 is 27.7 Å².